The van der Waals surface area contributed by atoms with Crippen molar-refractivity contribution in [1.29, 1.82) is 0 Å². The van der Waals surface area contributed by atoms with E-state index in [1.165, 1.54) is 44.6 Å². The van der Waals surface area contributed by atoms with Crippen LogP contribution in [0.1, 0.15) is 112 Å². The van der Waals surface area contributed by atoms with E-state index in [9.17, 15) is 22.7 Å². The first kappa shape index (κ1) is 27.8. The predicted molar refractivity (Wildman–Crippen MR) is 148 cm³/mol. The van der Waals surface area contributed by atoms with Gasteiger partial charge >= 0.3 is 0 Å². The molecule has 2 saturated carbocycles. The Kier molecular flexibility index (Phi) is 8.26. The molecule has 2 nitrogen and oxygen atoms in total. The Morgan fingerprint density at radius 3 is 1.93 bits per heavy atom. The van der Waals surface area contributed by atoms with Crippen molar-refractivity contribution >= 4 is 5.57 Å². The van der Waals surface area contributed by atoms with Crippen molar-refractivity contribution in [2.45, 2.75) is 95.5 Å². The van der Waals surface area contributed by atoms with Crippen LogP contribution in [0.3, 0.4) is 0 Å². The number of epoxide rings is 1. The van der Waals surface area contributed by atoms with Gasteiger partial charge in [0.15, 0.2) is 23.2 Å². The molecule has 1 heterocycles. The number of rotatable bonds is 7. The highest BCUT2D eigenvalue weighted by Gasteiger charge is 2.33. The molecular weight excluding hydrogens is 516 g/mol. The lowest BCUT2D eigenvalue weighted by atomic mass is 9.69. The minimum atomic E-state index is -1.13. The predicted octanol–water partition coefficient (Wildman–Crippen LogP) is 9.76. The Balaban J connectivity index is 0.932. The second kappa shape index (κ2) is 11.9. The van der Waals surface area contributed by atoms with Crippen molar-refractivity contribution in [3.8, 4) is 5.75 Å². The van der Waals surface area contributed by atoms with Gasteiger partial charge in [0, 0.05) is 11.1 Å². The molecule has 216 valence electrons. The van der Waals surface area contributed by atoms with Crippen molar-refractivity contribution in [3.63, 3.8) is 0 Å². The average Bonchev–Trinajstić information content (AvgIpc) is 3.83. The number of ether oxygens (including phenoxy) is 1. The molecule has 2 aromatic carbocycles. The molecule has 1 N–H and O–H groups in total. The van der Waals surface area contributed by atoms with E-state index in [2.05, 4.69) is 6.08 Å². The lowest BCUT2D eigenvalue weighted by Crippen LogP contribution is -2.24. The van der Waals surface area contributed by atoms with E-state index in [-0.39, 0.29) is 12.0 Å². The number of hydrogen-bond donors (Lipinski definition) is 1. The van der Waals surface area contributed by atoms with Crippen molar-refractivity contribution in [2.24, 2.45) is 23.7 Å². The second-order valence-corrected chi connectivity index (χ2v) is 12.8. The Hall–Kier alpha value is -2.34. The van der Waals surface area contributed by atoms with Gasteiger partial charge in [-0.15, -0.1) is 0 Å². The molecule has 1 saturated heterocycles. The molecule has 40 heavy (non-hydrogen) atoms. The van der Waals surface area contributed by atoms with E-state index in [0.29, 0.717) is 35.1 Å². The molecule has 1 aliphatic heterocycles. The largest absolute Gasteiger partial charge is 0.505 e. The molecule has 0 aromatic heterocycles. The van der Waals surface area contributed by atoms with Crippen LogP contribution in [0, 0.1) is 46.9 Å². The highest BCUT2D eigenvalue weighted by molar-refractivity contribution is 5.67. The molecule has 0 amide bonds. The number of phenols is 1. The third-order valence-electron chi connectivity index (χ3n) is 10.5. The maximum Gasteiger partial charge on any atom is 0.200 e. The fraction of sp³-hybridized carbons (Fsp3) is 0.588. The minimum Gasteiger partial charge on any atom is -0.505 e. The maximum absolute atomic E-state index is 14.8. The summed E-state index contributed by atoms with van der Waals surface area (Å²) >= 11 is 0. The molecule has 2 unspecified atom stereocenters. The summed E-state index contributed by atoms with van der Waals surface area (Å²) in [6.45, 7) is 0.469. The molecule has 0 spiro atoms. The Bertz CT molecular complexity index is 1240. The van der Waals surface area contributed by atoms with E-state index in [4.69, 9.17) is 4.74 Å². The summed E-state index contributed by atoms with van der Waals surface area (Å²) < 4.78 is 62.5. The van der Waals surface area contributed by atoms with E-state index >= 15 is 0 Å². The summed E-state index contributed by atoms with van der Waals surface area (Å²) in [6, 6.07) is 6.22. The van der Waals surface area contributed by atoms with Gasteiger partial charge in [0.05, 0.1) is 6.61 Å². The molecule has 0 radical (unpaired) electrons. The Labute approximate surface area is 234 Å². The summed E-state index contributed by atoms with van der Waals surface area (Å²) in [5.74, 6) is -1.27. The van der Waals surface area contributed by atoms with Crippen LogP contribution in [0.15, 0.2) is 30.3 Å². The third-order valence-corrected chi connectivity index (χ3v) is 10.5. The van der Waals surface area contributed by atoms with E-state index in [1.54, 1.807) is 18.2 Å². The van der Waals surface area contributed by atoms with Gasteiger partial charge in [-0.1, -0.05) is 50.0 Å². The zero-order valence-corrected chi connectivity index (χ0v) is 23.1. The number of phenolic OH excluding ortho intramolecular Hbond substituents is 1. The van der Waals surface area contributed by atoms with Crippen LogP contribution in [0.25, 0.3) is 5.57 Å². The van der Waals surface area contributed by atoms with Gasteiger partial charge in [0.25, 0.3) is 0 Å². The molecule has 2 atom stereocenters. The van der Waals surface area contributed by atoms with E-state index < -0.39 is 29.0 Å². The highest BCUT2D eigenvalue weighted by Crippen LogP contribution is 2.45. The summed E-state index contributed by atoms with van der Waals surface area (Å²) in [4.78, 5) is 0. The van der Waals surface area contributed by atoms with Crippen LogP contribution in [-0.2, 0) is 4.74 Å². The Morgan fingerprint density at radius 2 is 1.30 bits per heavy atom. The number of benzene rings is 2. The number of allylic oxidation sites excluding steroid dienone is 2. The van der Waals surface area contributed by atoms with Crippen molar-refractivity contribution in [1.82, 2.24) is 0 Å². The van der Waals surface area contributed by atoms with Crippen LogP contribution in [-0.4, -0.2) is 11.7 Å². The lowest BCUT2D eigenvalue weighted by molar-refractivity contribution is 0.179. The first-order valence-corrected chi connectivity index (χ1v) is 15.3. The fourth-order valence-corrected chi connectivity index (χ4v) is 7.87. The highest BCUT2D eigenvalue weighted by atomic mass is 19.2. The minimum absolute atomic E-state index is 0.0408. The average molecular weight is 557 g/mol. The molecule has 2 aromatic rings. The SMILES string of the molecule is Oc1ccc(C2CCC(CCC3CCC(C4CC=C(c5ccc(C6CO6)c(F)c5F)CC4)CC3)CC2)c(F)c1F. The normalized spacial score (nSPS) is 30.6. The van der Waals surface area contributed by atoms with Crippen molar-refractivity contribution in [2.75, 3.05) is 6.61 Å². The first-order valence-electron chi connectivity index (χ1n) is 15.3. The maximum atomic E-state index is 14.8. The topological polar surface area (TPSA) is 32.8 Å². The van der Waals surface area contributed by atoms with Gasteiger partial charge in [-0.05, 0) is 105 Å². The summed E-state index contributed by atoms with van der Waals surface area (Å²) in [5.41, 5.74) is 2.10. The van der Waals surface area contributed by atoms with E-state index in [1.807, 2.05) is 0 Å². The van der Waals surface area contributed by atoms with Gasteiger partial charge in [-0.25, -0.2) is 13.2 Å². The van der Waals surface area contributed by atoms with Crippen molar-refractivity contribution in [3.05, 3.63) is 70.3 Å². The Morgan fingerprint density at radius 1 is 0.675 bits per heavy atom. The number of halogens is 4. The zero-order valence-electron chi connectivity index (χ0n) is 23.1. The molecule has 3 aliphatic carbocycles. The van der Waals surface area contributed by atoms with Gasteiger partial charge in [0.1, 0.15) is 6.10 Å². The van der Waals surface area contributed by atoms with Crippen molar-refractivity contribution < 1.29 is 27.4 Å². The molecular formula is C34H40F4O2. The summed E-state index contributed by atoms with van der Waals surface area (Å²) in [5, 5.41) is 9.40. The van der Waals surface area contributed by atoms with Crippen LogP contribution in [0.4, 0.5) is 17.6 Å². The first-order chi connectivity index (χ1) is 19.4. The zero-order chi connectivity index (χ0) is 27.8. The summed E-state index contributed by atoms with van der Waals surface area (Å²) in [6.07, 6.45) is 16.1. The van der Waals surface area contributed by atoms with Gasteiger partial charge in [-0.2, -0.15) is 4.39 Å². The van der Waals surface area contributed by atoms with Crippen LogP contribution < -0.4 is 0 Å². The third kappa shape index (κ3) is 5.84. The monoisotopic (exact) mass is 556 g/mol. The van der Waals surface area contributed by atoms with Crippen LogP contribution in [0.2, 0.25) is 0 Å². The van der Waals surface area contributed by atoms with Gasteiger partial charge < -0.3 is 9.84 Å². The molecule has 0 bridgehead atoms. The van der Waals surface area contributed by atoms with Gasteiger partial charge in [-0.3, -0.25) is 0 Å². The smallest absolute Gasteiger partial charge is 0.200 e. The standard InChI is InChI=1S/C34H40F4O2/c35-31-26(15-16-28(33(31)37)30-19-40-30)25-13-11-23(12-14-25)22-7-3-20(4-8-22)1-2-21-5-9-24(10-6-21)27-17-18-29(39)34(38)32(27)36/h13,15-18,20-24,30,39H,1-12,14,19H2. The lowest BCUT2D eigenvalue weighted by Gasteiger charge is -2.36. The van der Waals surface area contributed by atoms with Crippen LogP contribution >= 0.6 is 0 Å². The van der Waals surface area contributed by atoms with Gasteiger partial charge in [0.2, 0.25) is 5.82 Å². The summed E-state index contributed by atoms with van der Waals surface area (Å²) in [7, 11) is 0. The number of aromatic hydroxyl groups is 1. The molecule has 6 heteroatoms. The molecule has 4 aliphatic rings. The number of hydrogen-bond acceptors (Lipinski definition) is 2. The second-order valence-electron chi connectivity index (χ2n) is 12.8. The fourth-order valence-electron chi connectivity index (χ4n) is 7.87. The molecule has 6 rings (SSSR count). The molecule has 3 fully saturated rings. The van der Waals surface area contributed by atoms with E-state index in [0.717, 1.165) is 62.4 Å². The quantitative estimate of drug-likeness (QED) is 0.272. The van der Waals surface area contributed by atoms with Crippen LogP contribution in [0.5, 0.6) is 5.75 Å².